The molecule has 0 spiro atoms. The maximum atomic E-state index is 5.93. The van der Waals surface area contributed by atoms with Crippen LogP contribution in [0.3, 0.4) is 0 Å². The number of hydrogen-bond acceptors (Lipinski definition) is 2. The van der Waals surface area contributed by atoms with Gasteiger partial charge >= 0.3 is 0 Å². The molecule has 3 rings (SSSR count). The fourth-order valence-corrected chi connectivity index (χ4v) is 2.51. The molecule has 0 saturated carbocycles. The van der Waals surface area contributed by atoms with Gasteiger partial charge in [0.05, 0.1) is 5.69 Å². The van der Waals surface area contributed by atoms with Crippen LogP contribution in [0.25, 0.3) is 0 Å². The molecule has 1 fully saturated rings. The lowest BCUT2D eigenvalue weighted by Gasteiger charge is -2.17. The third-order valence-electron chi connectivity index (χ3n) is 3.05. The van der Waals surface area contributed by atoms with Crippen LogP contribution in [-0.2, 0) is 4.84 Å². The van der Waals surface area contributed by atoms with E-state index in [2.05, 4.69) is 0 Å². The van der Waals surface area contributed by atoms with Gasteiger partial charge in [-0.1, -0.05) is 54.2 Å². The summed E-state index contributed by atoms with van der Waals surface area (Å²) in [5.41, 5.74) is 2.05. The molecule has 1 aliphatic rings. The summed E-state index contributed by atoms with van der Waals surface area (Å²) in [5, 5.41) is 2.46. The molecule has 2 nitrogen and oxygen atoms in total. The molecular weight excluding hydrogens is 278 g/mol. The Bertz CT molecular complexity index is 585. The Kier molecular flexibility index (Phi) is 3.51. The fourth-order valence-electron chi connectivity index (χ4n) is 2.09. The quantitative estimate of drug-likeness (QED) is 0.753. The van der Waals surface area contributed by atoms with E-state index in [1.165, 1.54) is 0 Å². The van der Waals surface area contributed by atoms with E-state index in [1.54, 1.807) is 5.06 Å². The molecule has 1 saturated heterocycles. The summed E-state index contributed by atoms with van der Waals surface area (Å²) >= 11 is 11.3. The summed E-state index contributed by atoms with van der Waals surface area (Å²) in [6.07, 6.45) is 0.677. The van der Waals surface area contributed by atoms with Crippen molar-refractivity contribution in [3.05, 3.63) is 65.2 Å². The minimum absolute atomic E-state index is 0.0371. The van der Waals surface area contributed by atoms with Crippen LogP contribution in [0.15, 0.2) is 54.6 Å². The van der Waals surface area contributed by atoms with Gasteiger partial charge in [-0.05, 0) is 29.8 Å². The summed E-state index contributed by atoms with van der Waals surface area (Å²) in [6, 6.07) is 17.6. The first-order chi connectivity index (χ1) is 9.24. The maximum absolute atomic E-state index is 5.93. The number of nitrogens with zero attached hydrogens (tertiary/aromatic N) is 1. The van der Waals surface area contributed by atoms with Crippen molar-refractivity contribution < 1.29 is 4.84 Å². The number of halogens is 1. The van der Waals surface area contributed by atoms with Crippen molar-refractivity contribution in [1.82, 2.24) is 0 Å². The van der Waals surface area contributed by atoms with E-state index in [-0.39, 0.29) is 6.10 Å². The van der Waals surface area contributed by atoms with Gasteiger partial charge in [-0.2, -0.15) is 0 Å². The largest absolute Gasteiger partial charge is 0.260 e. The van der Waals surface area contributed by atoms with Crippen molar-refractivity contribution in [2.24, 2.45) is 0 Å². The molecule has 1 unspecified atom stereocenters. The van der Waals surface area contributed by atoms with E-state index < -0.39 is 0 Å². The highest BCUT2D eigenvalue weighted by Crippen LogP contribution is 2.34. The molecule has 1 atom stereocenters. The Morgan fingerprint density at radius 3 is 2.42 bits per heavy atom. The van der Waals surface area contributed by atoms with E-state index >= 15 is 0 Å². The highest BCUT2D eigenvalue weighted by molar-refractivity contribution is 7.80. The monoisotopic (exact) mass is 289 g/mol. The Hall–Kier alpha value is -1.42. The molecule has 2 aromatic rings. The number of thiocarbonyl (C=S) groups is 1. The van der Waals surface area contributed by atoms with Gasteiger partial charge in [0.15, 0.2) is 0 Å². The number of hydroxylamine groups is 1. The van der Waals surface area contributed by atoms with E-state index in [0.717, 1.165) is 21.3 Å². The van der Waals surface area contributed by atoms with Gasteiger partial charge in [0.2, 0.25) is 0 Å². The van der Waals surface area contributed by atoms with Crippen LogP contribution >= 0.6 is 23.8 Å². The predicted molar refractivity (Wildman–Crippen MR) is 81.4 cm³/mol. The first kappa shape index (κ1) is 12.6. The standard InChI is InChI=1S/C15H12ClNOS/c16-12-8-6-11(7-9-12)14-10-15(19)17(18-14)13-4-2-1-3-5-13/h1-9,14H,10H2. The zero-order valence-electron chi connectivity index (χ0n) is 10.1. The van der Waals surface area contributed by atoms with E-state index in [0.29, 0.717) is 6.42 Å². The van der Waals surface area contributed by atoms with E-state index in [9.17, 15) is 0 Å². The topological polar surface area (TPSA) is 12.5 Å². The van der Waals surface area contributed by atoms with Crippen molar-refractivity contribution in [1.29, 1.82) is 0 Å². The molecule has 1 aliphatic heterocycles. The molecule has 4 heteroatoms. The molecule has 19 heavy (non-hydrogen) atoms. The fraction of sp³-hybridized carbons (Fsp3) is 0.133. The van der Waals surface area contributed by atoms with Crippen molar-refractivity contribution >= 4 is 34.5 Å². The van der Waals surface area contributed by atoms with Crippen LogP contribution < -0.4 is 5.06 Å². The van der Waals surface area contributed by atoms with Gasteiger partial charge in [0.1, 0.15) is 11.1 Å². The third kappa shape index (κ3) is 2.63. The predicted octanol–water partition coefficient (Wildman–Crippen LogP) is 4.55. The Morgan fingerprint density at radius 2 is 1.74 bits per heavy atom. The lowest BCUT2D eigenvalue weighted by Crippen LogP contribution is -2.20. The average molecular weight is 290 g/mol. The van der Waals surface area contributed by atoms with Gasteiger partial charge in [-0.15, -0.1) is 0 Å². The van der Waals surface area contributed by atoms with Gasteiger partial charge in [-0.3, -0.25) is 4.84 Å². The van der Waals surface area contributed by atoms with Crippen LogP contribution in [0.1, 0.15) is 18.1 Å². The second-order valence-corrected chi connectivity index (χ2v) is 5.28. The number of benzene rings is 2. The molecule has 0 aromatic heterocycles. The van der Waals surface area contributed by atoms with Crippen LogP contribution in [0, 0.1) is 0 Å². The molecule has 1 heterocycles. The van der Waals surface area contributed by atoms with Crippen molar-refractivity contribution in [2.75, 3.05) is 5.06 Å². The smallest absolute Gasteiger partial charge is 0.117 e. The van der Waals surface area contributed by atoms with Crippen LogP contribution in [-0.4, -0.2) is 4.99 Å². The number of para-hydroxylation sites is 1. The van der Waals surface area contributed by atoms with Gasteiger partial charge in [-0.25, -0.2) is 5.06 Å². The second kappa shape index (κ2) is 5.29. The summed E-state index contributed by atoms with van der Waals surface area (Å²) in [7, 11) is 0. The van der Waals surface area contributed by atoms with Crippen LogP contribution in [0.5, 0.6) is 0 Å². The maximum Gasteiger partial charge on any atom is 0.117 e. The molecule has 0 aliphatic carbocycles. The summed E-state index contributed by atoms with van der Waals surface area (Å²) < 4.78 is 0. The minimum Gasteiger partial charge on any atom is -0.260 e. The molecular formula is C15H12ClNOS. The van der Waals surface area contributed by atoms with Gasteiger partial charge in [0.25, 0.3) is 0 Å². The first-order valence-corrected chi connectivity index (χ1v) is 6.83. The lowest BCUT2D eigenvalue weighted by atomic mass is 10.1. The molecule has 96 valence electrons. The Balaban J connectivity index is 1.82. The number of anilines is 1. The average Bonchev–Trinajstić information content (AvgIpc) is 2.83. The molecule has 0 bridgehead atoms. The minimum atomic E-state index is -0.0371. The molecule has 0 amide bonds. The van der Waals surface area contributed by atoms with Crippen molar-refractivity contribution in [3.63, 3.8) is 0 Å². The SMILES string of the molecule is S=C1CC(c2ccc(Cl)cc2)ON1c1ccccc1. The number of rotatable bonds is 2. The molecule has 0 N–H and O–H groups in total. The lowest BCUT2D eigenvalue weighted by molar-refractivity contribution is 0.0937. The van der Waals surface area contributed by atoms with E-state index in [1.807, 2.05) is 54.6 Å². The molecule has 0 radical (unpaired) electrons. The highest BCUT2D eigenvalue weighted by Gasteiger charge is 2.30. The third-order valence-corrected chi connectivity index (χ3v) is 3.64. The summed E-state index contributed by atoms with van der Waals surface area (Å²) in [5.74, 6) is 0. The number of hydrogen-bond donors (Lipinski definition) is 0. The second-order valence-electron chi connectivity index (χ2n) is 4.37. The van der Waals surface area contributed by atoms with Gasteiger partial charge in [0, 0.05) is 11.4 Å². The van der Waals surface area contributed by atoms with Crippen molar-refractivity contribution in [2.45, 2.75) is 12.5 Å². The van der Waals surface area contributed by atoms with Crippen LogP contribution in [0.2, 0.25) is 5.02 Å². The summed E-state index contributed by atoms with van der Waals surface area (Å²) in [6.45, 7) is 0. The normalized spacial score (nSPS) is 18.9. The van der Waals surface area contributed by atoms with Crippen LogP contribution in [0.4, 0.5) is 5.69 Å². The van der Waals surface area contributed by atoms with Gasteiger partial charge < -0.3 is 0 Å². The first-order valence-electron chi connectivity index (χ1n) is 6.04. The summed E-state index contributed by atoms with van der Waals surface area (Å²) in [4.78, 5) is 6.73. The zero-order valence-corrected chi connectivity index (χ0v) is 11.7. The highest BCUT2D eigenvalue weighted by atomic mass is 35.5. The molecule has 2 aromatic carbocycles. The zero-order chi connectivity index (χ0) is 13.2. The van der Waals surface area contributed by atoms with Crippen molar-refractivity contribution in [3.8, 4) is 0 Å². The van der Waals surface area contributed by atoms with E-state index in [4.69, 9.17) is 28.7 Å². The Labute approximate surface area is 122 Å². The Morgan fingerprint density at radius 1 is 1.05 bits per heavy atom.